The second-order valence-electron chi connectivity index (χ2n) is 7.50. The molecule has 0 atom stereocenters. The van der Waals surface area contributed by atoms with Gasteiger partial charge in [0.25, 0.3) is 0 Å². The van der Waals surface area contributed by atoms with Crippen LogP contribution in [0, 0.1) is 11.8 Å². The fourth-order valence-electron chi connectivity index (χ4n) is 3.75. The summed E-state index contributed by atoms with van der Waals surface area (Å²) in [6.07, 6.45) is 8.52. The Labute approximate surface area is 167 Å². The number of hydrogen-bond donors (Lipinski definition) is 2. The number of nitrogens with zero attached hydrogens (tertiary/aromatic N) is 1. The van der Waals surface area contributed by atoms with Crippen molar-refractivity contribution in [2.75, 3.05) is 6.54 Å². The Hall–Kier alpha value is -2.69. The molecule has 1 aromatic heterocycles. The van der Waals surface area contributed by atoms with Crippen LogP contribution in [0.2, 0.25) is 0 Å². The van der Waals surface area contributed by atoms with Gasteiger partial charge < -0.3 is 10.6 Å². The summed E-state index contributed by atoms with van der Waals surface area (Å²) in [5.41, 5.74) is 2.35. The number of nitrogens with one attached hydrogen (secondary N) is 2. The van der Waals surface area contributed by atoms with Gasteiger partial charge in [-0.15, -0.1) is 0 Å². The predicted molar refractivity (Wildman–Crippen MR) is 109 cm³/mol. The molecule has 0 unspecified atom stereocenters. The maximum absolute atomic E-state index is 12.4. The van der Waals surface area contributed by atoms with Crippen molar-refractivity contribution in [3.05, 3.63) is 66.0 Å². The number of benzene rings is 1. The lowest BCUT2D eigenvalue weighted by molar-refractivity contribution is -0.130. The SMILES string of the molecule is O=C(NCCCc1ccccc1)C1CCC(C(=O)NCc2ccncc2)CC1. The van der Waals surface area contributed by atoms with Gasteiger partial charge in [0, 0.05) is 37.3 Å². The van der Waals surface area contributed by atoms with Gasteiger partial charge in [0.2, 0.25) is 11.8 Å². The molecule has 2 N–H and O–H groups in total. The van der Waals surface area contributed by atoms with Crippen LogP contribution < -0.4 is 10.6 Å². The van der Waals surface area contributed by atoms with Crippen molar-refractivity contribution in [1.29, 1.82) is 0 Å². The summed E-state index contributed by atoms with van der Waals surface area (Å²) < 4.78 is 0. The van der Waals surface area contributed by atoms with Gasteiger partial charge in [-0.1, -0.05) is 30.3 Å². The molecule has 1 aliphatic carbocycles. The zero-order chi connectivity index (χ0) is 19.6. The Morgan fingerprint density at radius 3 is 2.07 bits per heavy atom. The highest BCUT2D eigenvalue weighted by atomic mass is 16.2. The van der Waals surface area contributed by atoms with Gasteiger partial charge in [-0.2, -0.15) is 0 Å². The topological polar surface area (TPSA) is 71.1 Å². The molecule has 1 fully saturated rings. The van der Waals surface area contributed by atoms with Crippen molar-refractivity contribution in [3.8, 4) is 0 Å². The molecular formula is C23H29N3O2. The van der Waals surface area contributed by atoms with Crippen LogP contribution in [0.5, 0.6) is 0 Å². The van der Waals surface area contributed by atoms with Crippen molar-refractivity contribution in [3.63, 3.8) is 0 Å². The van der Waals surface area contributed by atoms with Crippen molar-refractivity contribution in [2.45, 2.75) is 45.1 Å². The fraction of sp³-hybridized carbons (Fsp3) is 0.435. The van der Waals surface area contributed by atoms with E-state index >= 15 is 0 Å². The Balaban J connectivity index is 1.31. The fourth-order valence-corrected chi connectivity index (χ4v) is 3.75. The van der Waals surface area contributed by atoms with E-state index in [-0.39, 0.29) is 23.7 Å². The Morgan fingerprint density at radius 2 is 1.43 bits per heavy atom. The first-order valence-electron chi connectivity index (χ1n) is 10.2. The molecular weight excluding hydrogens is 350 g/mol. The Kier molecular flexibility index (Phi) is 7.59. The summed E-state index contributed by atoms with van der Waals surface area (Å²) >= 11 is 0. The van der Waals surface area contributed by atoms with Crippen molar-refractivity contribution < 1.29 is 9.59 Å². The lowest BCUT2D eigenvalue weighted by Crippen LogP contribution is -2.37. The number of pyridine rings is 1. The summed E-state index contributed by atoms with van der Waals surface area (Å²) in [5, 5.41) is 6.07. The van der Waals surface area contributed by atoms with Gasteiger partial charge in [0.1, 0.15) is 0 Å². The van der Waals surface area contributed by atoms with Gasteiger partial charge in [-0.25, -0.2) is 0 Å². The quantitative estimate of drug-likeness (QED) is 0.692. The summed E-state index contributed by atoms with van der Waals surface area (Å²) in [6, 6.07) is 14.1. The number of carbonyl (C=O) groups excluding carboxylic acids is 2. The maximum Gasteiger partial charge on any atom is 0.223 e. The molecule has 1 heterocycles. The van der Waals surface area contributed by atoms with E-state index in [1.165, 1.54) is 5.56 Å². The van der Waals surface area contributed by atoms with Gasteiger partial charge >= 0.3 is 0 Å². The number of hydrogen-bond acceptors (Lipinski definition) is 3. The number of rotatable bonds is 8. The van der Waals surface area contributed by atoms with Crippen LogP contribution in [0.1, 0.15) is 43.2 Å². The van der Waals surface area contributed by atoms with E-state index in [0.29, 0.717) is 13.1 Å². The first-order chi connectivity index (χ1) is 13.7. The summed E-state index contributed by atoms with van der Waals surface area (Å²) in [7, 11) is 0. The molecule has 0 saturated heterocycles. The second-order valence-corrected chi connectivity index (χ2v) is 7.50. The molecule has 3 rings (SSSR count). The molecule has 0 bridgehead atoms. The average Bonchev–Trinajstić information content (AvgIpc) is 2.76. The first kappa shape index (κ1) is 20.1. The zero-order valence-electron chi connectivity index (χ0n) is 16.3. The highest BCUT2D eigenvalue weighted by Gasteiger charge is 2.29. The normalized spacial score (nSPS) is 19.0. The van der Waals surface area contributed by atoms with Crippen molar-refractivity contribution in [2.24, 2.45) is 11.8 Å². The zero-order valence-corrected chi connectivity index (χ0v) is 16.3. The van der Waals surface area contributed by atoms with Crippen LogP contribution >= 0.6 is 0 Å². The molecule has 1 saturated carbocycles. The van der Waals surface area contributed by atoms with Crippen LogP contribution in [-0.2, 0) is 22.6 Å². The molecule has 5 heteroatoms. The Bertz CT molecular complexity index is 741. The number of aromatic nitrogens is 1. The van der Waals surface area contributed by atoms with Crippen molar-refractivity contribution >= 4 is 11.8 Å². The lowest BCUT2D eigenvalue weighted by atomic mass is 9.81. The van der Waals surface area contributed by atoms with E-state index < -0.39 is 0 Å². The van der Waals surface area contributed by atoms with Crippen molar-refractivity contribution in [1.82, 2.24) is 15.6 Å². The minimum atomic E-state index is 0.0176. The molecule has 0 aliphatic heterocycles. The lowest BCUT2D eigenvalue weighted by Gasteiger charge is -2.27. The van der Waals surface area contributed by atoms with E-state index in [9.17, 15) is 9.59 Å². The first-order valence-corrected chi connectivity index (χ1v) is 10.2. The van der Waals surface area contributed by atoms with Crippen LogP contribution in [0.15, 0.2) is 54.9 Å². The molecule has 2 aromatic rings. The molecule has 0 spiro atoms. The van der Waals surface area contributed by atoms with E-state index in [1.54, 1.807) is 12.4 Å². The van der Waals surface area contributed by atoms with Gasteiger partial charge in [-0.3, -0.25) is 14.6 Å². The largest absolute Gasteiger partial charge is 0.356 e. The predicted octanol–water partition coefficient (Wildman–Crippen LogP) is 3.25. The minimum absolute atomic E-state index is 0.0176. The molecule has 5 nitrogen and oxygen atoms in total. The third-order valence-electron chi connectivity index (χ3n) is 5.47. The third kappa shape index (κ3) is 6.19. The van der Waals surface area contributed by atoms with Gasteiger partial charge in [-0.05, 0) is 61.8 Å². The highest BCUT2D eigenvalue weighted by molar-refractivity contribution is 5.81. The van der Waals surface area contributed by atoms with Gasteiger partial charge in [0.15, 0.2) is 0 Å². The number of amides is 2. The minimum Gasteiger partial charge on any atom is -0.356 e. The van der Waals surface area contributed by atoms with Crippen LogP contribution in [0.25, 0.3) is 0 Å². The summed E-state index contributed by atoms with van der Waals surface area (Å²) in [4.78, 5) is 28.7. The van der Waals surface area contributed by atoms with Crippen LogP contribution in [-0.4, -0.2) is 23.3 Å². The van der Waals surface area contributed by atoms with E-state index in [2.05, 4.69) is 27.8 Å². The number of aryl methyl sites for hydroxylation is 1. The van der Waals surface area contributed by atoms with E-state index in [1.807, 2.05) is 30.3 Å². The standard InChI is InChI=1S/C23H29N3O2/c27-22(25-14-4-7-18-5-2-1-3-6-18)20-8-10-21(11-9-20)23(28)26-17-19-12-15-24-16-13-19/h1-3,5-6,12-13,15-16,20-21H,4,7-11,14,17H2,(H,25,27)(H,26,28). The Morgan fingerprint density at radius 1 is 0.821 bits per heavy atom. The molecule has 0 radical (unpaired) electrons. The second kappa shape index (κ2) is 10.6. The number of carbonyl (C=O) groups is 2. The van der Waals surface area contributed by atoms with Crippen LogP contribution in [0.3, 0.4) is 0 Å². The summed E-state index contributed by atoms with van der Waals surface area (Å²) in [5.74, 6) is 0.298. The molecule has 1 aliphatic rings. The molecule has 2 amide bonds. The molecule has 28 heavy (non-hydrogen) atoms. The van der Waals surface area contributed by atoms with Crippen LogP contribution in [0.4, 0.5) is 0 Å². The van der Waals surface area contributed by atoms with E-state index in [4.69, 9.17) is 0 Å². The molecule has 148 valence electrons. The average molecular weight is 380 g/mol. The molecule has 1 aromatic carbocycles. The third-order valence-corrected chi connectivity index (χ3v) is 5.47. The monoisotopic (exact) mass is 379 g/mol. The van der Waals surface area contributed by atoms with E-state index in [0.717, 1.165) is 44.1 Å². The smallest absolute Gasteiger partial charge is 0.223 e. The summed E-state index contributed by atoms with van der Waals surface area (Å²) in [6.45, 7) is 1.24. The highest BCUT2D eigenvalue weighted by Crippen LogP contribution is 2.29. The van der Waals surface area contributed by atoms with Gasteiger partial charge in [0.05, 0.1) is 0 Å². The maximum atomic E-state index is 12.4.